The molecular formula is C18H33NO6. The van der Waals surface area contributed by atoms with E-state index in [2.05, 4.69) is 6.92 Å². The van der Waals surface area contributed by atoms with Crippen LogP contribution in [0.5, 0.6) is 0 Å². The molecule has 0 radical (unpaired) electrons. The Kier molecular flexibility index (Phi) is 18.7. The molecule has 0 atom stereocenters. The molecular weight excluding hydrogens is 326 g/mol. The molecule has 0 saturated heterocycles. The Hall–Kier alpha value is -1.89. The smallest absolute Gasteiger partial charge is 0.328 e. The van der Waals surface area contributed by atoms with E-state index in [9.17, 15) is 14.4 Å². The molecule has 0 spiro atoms. The summed E-state index contributed by atoms with van der Waals surface area (Å²) in [5, 5.41) is 15.6. The molecule has 2 N–H and O–H groups in total. The van der Waals surface area contributed by atoms with Crippen molar-refractivity contribution in [2.75, 3.05) is 27.2 Å². The molecule has 0 amide bonds. The van der Waals surface area contributed by atoms with Gasteiger partial charge in [-0.05, 0) is 20.5 Å². The van der Waals surface area contributed by atoms with Crippen molar-refractivity contribution in [3.63, 3.8) is 0 Å². The summed E-state index contributed by atoms with van der Waals surface area (Å²) in [7, 11) is 3.95. The minimum Gasteiger partial charge on any atom is -0.478 e. The first kappa shape index (κ1) is 25.4. The molecule has 0 aromatic heterocycles. The Morgan fingerprint density at radius 3 is 1.80 bits per heavy atom. The molecule has 0 unspecified atom stereocenters. The summed E-state index contributed by atoms with van der Waals surface area (Å²) in [6.45, 7) is 3.55. The molecule has 0 rings (SSSR count). The van der Waals surface area contributed by atoms with E-state index in [1.807, 2.05) is 19.0 Å². The topological polar surface area (TPSA) is 104 Å². The van der Waals surface area contributed by atoms with Crippen molar-refractivity contribution < 1.29 is 29.3 Å². The van der Waals surface area contributed by atoms with Gasteiger partial charge in [-0.1, -0.05) is 45.4 Å². The van der Waals surface area contributed by atoms with Gasteiger partial charge in [0.05, 0.1) is 0 Å². The van der Waals surface area contributed by atoms with Crippen LogP contribution in [0.1, 0.15) is 58.3 Å². The lowest BCUT2D eigenvalue weighted by Gasteiger charge is -2.09. The molecule has 7 heteroatoms. The fourth-order valence-electron chi connectivity index (χ4n) is 1.78. The maximum absolute atomic E-state index is 11.3. The van der Waals surface area contributed by atoms with Gasteiger partial charge in [-0.3, -0.25) is 4.79 Å². The molecule has 25 heavy (non-hydrogen) atoms. The Balaban J connectivity index is 0. The number of carboxylic acids is 2. The average molecular weight is 359 g/mol. The van der Waals surface area contributed by atoms with Crippen LogP contribution in [-0.2, 0) is 19.1 Å². The highest BCUT2D eigenvalue weighted by atomic mass is 16.5. The van der Waals surface area contributed by atoms with Crippen molar-refractivity contribution in [2.24, 2.45) is 0 Å². The lowest BCUT2D eigenvalue weighted by Crippen LogP contribution is -2.20. The average Bonchev–Trinajstić information content (AvgIpc) is 2.52. The molecule has 0 bridgehead atoms. The van der Waals surface area contributed by atoms with Gasteiger partial charge in [-0.15, -0.1) is 0 Å². The van der Waals surface area contributed by atoms with Crippen LogP contribution >= 0.6 is 0 Å². The van der Waals surface area contributed by atoms with Crippen LogP contribution in [0.3, 0.4) is 0 Å². The highest BCUT2D eigenvalue weighted by Gasteiger charge is 2.02. The van der Waals surface area contributed by atoms with Gasteiger partial charge in [0, 0.05) is 25.1 Å². The fourth-order valence-corrected chi connectivity index (χ4v) is 1.78. The first-order valence-corrected chi connectivity index (χ1v) is 8.73. The summed E-state index contributed by atoms with van der Waals surface area (Å²) in [4.78, 5) is 32.4. The third-order valence-electron chi connectivity index (χ3n) is 3.15. The van der Waals surface area contributed by atoms with E-state index in [-0.39, 0.29) is 5.97 Å². The van der Waals surface area contributed by atoms with Crippen LogP contribution < -0.4 is 0 Å². The minimum absolute atomic E-state index is 0.0413. The van der Waals surface area contributed by atoms with Crippen LogP contribution in [0.4, 0.5) is 0 Å². The zero-order valence-corrected chi connectivity index (χ0v) is 15.7. The van der Waals surface area contributed by atoms with Crippen molar-refractivity contribution in [2.45, 2.75) is 58.3 Å². The highest BCUT2D eigenvalue weighted by Crippen LogP contribution is 2.08. The van der Waals surface area contributed by atoms with Crippen LogP contribution in [-0.4, -0.2) is 60.3 Å². The predicted octanol–water partition coefficient (Wildman–Crippen LogP) is 2.94. The summed E-state index contributed by atoms with van der Waals surface area (Å²) in [5.74, 6) is -2.56. The van der Waals surface area contributed by atoms with E-state index < -0.39 is 11.9 Å². The first-order chi connectivity index (χ1) is 11.8. The van der Waals surface area contributed by atoms with E-state index in [1.54, 1.807) is 0 Å². The van der Waals surface area contributed by atoms with E-state index >= 15 is 0 Å². The Bertz CT molecular complexity index is 377. The minimum atomic E-state index is -1.26. The lowest BCUT2D eigenvalue weighted by molar-refractivity contribution is -0.144. The van der Waals surface area contributed by atoms with Gasteiger partial charge in [0.2, 0.25) is 0 Å². The quantitative estimate of drug-likeness (QED) is 0.296. The van der Waals surface area contributed by atoms with Crippen molar-refractivity contribution in [3.05, 3.63) is 12.2 Å². The van der Waals surface area contributed by atoms with Crippen molar-refractivity contribution in [3.8, 4) is 0 Å². The van der Waals surface area contributed by atoms with Crippen LogP contribution in [0.2, 0.25) is 0 Å². The molecule has 0 aliphatic rings. The number of hydrogen-bond donors (Lipinski definition) is 2. The monoisotopic (exact) mass is 359 g/mol. The van der Waals surface area contributed by atoms with E-state index in [4.69, 9.17) is 14.9 Å². The number of carbonyl (C=O) groups is 3. The SMILES string of the molecule is CCCCCCCCCC(=O)OCCN(C)C.O=C(O)/C=C/C(=O)O. The number of unbranched alkanes of at least 4 members (excludes halogenated alkanes) is 6. The number of carbonyl (C=O) groups excluding carboxylic acids is 1. The number of esters is 1. The van der Waals surface area contributed by atoms with Gasteiger partial charge < -0.3 is 19.8 Å². The largest absolute Gasteiger partial charge is 0.478 e. The second-order valence-electron chi connectivity index (χ2n) is 5.90. The van der Waals surface area contributed by atoms with E-state index in [0.717, 1.165) is 19.4 Å². The van der Waals surface area contributed by atoms with Crippen LogP contribution in [0.25, 0.3) is 0 Å². The Morgan fingerprint density at radius 2 is 1.36 bits per heavy atom. The maximum atomic E-state index is 11.3. The first-order valence-electron chi connectivity index (χ1n) is 8.73. The second-order valence-corrected chi connectivity index (χ2v) is 5.90. The second kappa shape index (κ2) is 18.4. The van der Waals surface area contributed by atoms with Crippen LogP contribution in [0, 0.1) is 0 Å². The van der Waals surface area contributed by atoms with Gasteiger partial charge in [-0.25, -0.2) is 9.59 Å². The van der Waals surface area contributed by atoms with Gasteiger partial charge >= 0.3 is 17.9 Å². The molecule has 0 aliphatic carbocycles. The molecule has 0 heterocycles. The molecule has 7 nitrogen and oxygen atoms in total. The third kappa shape index (κ3) is 27.3. The number of carboxylic acid groups (broad SMARTS) is 2. The molecule has 0 aromatic carbocycles. The number of likely N-dealkylation sites (N-methyl/N-ethyl adjacent to an activating group) is 1. The Morgan fingerprint density at radius 1 is 0.880 bits per heavy atom. The summed E-state index contributed by atoms with van der Waals surface area (Å²) in [6.07, 6.45) is 10.4. The van der Waals surface area contributed by atoms with E-state index in [1.165, 1.54) is 32.1 Å². The van der Waals surface area contributed by atoms with E-state index in [0.29, 0.717) is 25.2 Å². The normalized spacial score (nSPS) is 10.4. The number of ether oxygens (including phenoxy) is 1. The van der Waals surface area contributed by atoms with Crippen molar-refractivity contribution in [1.29, 1.82) is 0 Å². The standard InChI is InChI=1S/C14H29NO2.C4H4O4/c1-4-5-6-7-8-9-10-11-14(16)17-13-12-15(2)3;5-3(6)1-2-4(7)8/h4-13H2,1-3H3;1-2H,(H,5,6)(H,7,8)/b;2-1+. The van der Waals surface area contributed by atoms with Crippen LogP contribution in [0.15, 0.2) is 12.2 Å². The molecule has 0 saturated carbocycles. The summed E-state index contributed by atoms with van der Waals surface area (Å²) >= 11 is 0. The molecule has 0 aliphatic heterocycles. The fraction of sp³-hybridized carbons (Fsp3) is 0.722. The van der Waals surface area contributed by atoms with Gasteiger partial charge in [-0.2, -0.15) is 0 Å². The van der Waals surface area contributed by atoms with Crippen molar-refractivity contribution in [1.82, 2.24) is 4.90 Å². The van der Waals surface area contributed by atoms with Gasteiger partial charge in [0.15, 0.2) is 0 Å². The zero-order chi connectivity index (χ0) is 19.5. The molecule has 146 valence electrons. The number of nitrogens with zero attached hydrogens (tertiary/aromatic N) is 1. The number of hydrogen-bond acceptors (Lipinski definition) is 5. The lowest BCUT2D eigenvalue weighted by atomic mass is 10.1. The van der Waals surface area contributed by atoms with Gasteiger partial charge in [0.25, 0.3) is 0 Å². The van der Waals surface area contributed by atoms with Gasteiger partial charge in [0.1, 0.15) is 6.61 Å². The zero-order valence-electron chi connectivity index (χ0n) is 15.7. The molecule has 0 fully saturated rings. The van der Waals surface area contributed by atoms with Crippen molar-refractivity contribution >= 4 is 17.9 Å². The molecule has 0 aromatic rings. The third-order valence-corrected chi connectivity index (χ3v) is 3.15. The maximum Gasteiger partial charge on any atom is 0.328 e. The number of aliphatic carboxylic acids is 2. The summed E-state index contributed by atoms with van der Waals surface area (Å²) < 4.78 is 5.12. The Labute approximate surface area is 150 Å². The predicted molar refractivity (Wildman–Crippen MR) is 96.5 cm³/mol. The summed E-state index contributed by atoms with van der Waals surface area (Å²) in [6, 6.07) is 0. The highest BCUT2D eigenvalue weighted by molar-refractivity contribution is 5.89. The summed E-state index contributed by atoms with van der Waals surface area (Å²) in [5.41, 5.74) is 0. The number of rotatable bonds is 13.